The number of fused-ring (bicyclic) bond motifs is 9. The van der Waals surface area contributed by atoms with Crippen molar-refractivity contribution in [1.82, 2.24) is 0 Å². The predicted octanol–water partition coefficient (Wildman–Crippen LogP) is 16.7. The van der Waals surface area contributed by atoms with Gasteiger partial charge in [-0.3, -0.25) is 0 Å². The smallest absolute Gasteiger partial charge is 0.137 e. The van der Waals surface area contributed by atoms with Crippen LogP contribution in [0, 0.1) is 0 Å². The van der Waals surface area contributed by atoms with Gasteiger partial charge in [0.1, 0.15) is 11.2 Å². The summed E-state index contributed by atoms with van der Waals surface area (Å²) >= 11 is 0. The second-order valence-corrected chi connectivity index (χ2v) is 15.7. The second-order valence-electron chi connectivity index (χ2n) is 15.7. The maximum atomic E-state index is 6.52. The van der Waals surface area contributed by atoms with Gasteiger partial charge < -0.3 is 9.32 Å². The molecule has 0 fully saturated rings. The summed E-state index contributed by atoms with van der Waals surface area (Å²) in [5, 5.41) is 12.2. The third-order valence-corrected chi connectivity index (χ3v) is 12.2. The number of furan rings is 1. The molecule has 0 amide bonds. The van der Waals surface area contributed by atoms with E-state index in [4.69, 9.17) is 4.42 Å². The van der Waals surface area contributed by atoms with Gasteiger partial charge in [-0.2, -0.15) is 0 Å². The summed E-state index contributed by atoms with van der Waals surface area (Å²) in [7, 11) is 0. The van der Waals surface area contributed by atoms with Gasteiger partial charge in [0, 0.05) is 33.8 Å². The number of nitrogens with zero attached hydrogens (tertiary/aromatic N) is 1. The minimum absolute atomic E-state index is 0.858. The topological polar surface area (TPSA) is 16.4 Å². The van der Waals surface area contributed by atoms with E-state index in [1.165, 1.54) is 59.8 Å². The largest absolute Gasteiger partial charge is 0.456 e. The fraction of sp³-hybridized carbons (Fsp3) is 0. The first-order valence-corrected chi connectivity index (χ1v) is 20.6. The van der Waals surface area contributed by atoms with Crippen molar-refractivity contribution in [2.45, 2.75) is 0 Å². The molecule has 0 atom stereocenters. The van der Waals surface area contributed by atoms with Crippen molar-refractivity contribution in [3.05, 3.63) is 224 Å². The standard InChI is InChI=1S/C58H37NO/c1-2-12-39(13-3-1)50-32-27-44(55-35-42-15-5-7-17-48(42)51-18-8-9-19-52(51)55)36-56(50)59(46-30-33-54-53-20-10-11-21-57(53)60-58(54)37-46)45-28-24-38(25-29-45)41-26-31-49-43(34-41)23-22-40-14-4-6-16-47(40)49/h1-37H. The zero-order chi connectivity index (χ0) is 39.6. The Labute approximate surface area is 347 Å². The number of rotatable bonds is 6. The van der Waals surface area contributed by atoms with Crippen molar-refractivity contribution < 1.29 is 4.42 Å². The van der Waals surface area contributed by atoms with Crippen LogP contribution >= 0.6 is 0 Å². The zero-order valence-electron chi connectivity index (χ0n) is 32.7. The van der Waals surface area contributed by atoms with Gasteiger partial charge in [-0.1, -0.05) is 170 Å². The molecular weight excluding hydrogens is 727 g/mol. The van der Waals surface area contributed by atoms with Crippen LogP contribution in [0.5, 0.6) is 0 Å². The predicted molar refractivity (Wildman–Crippen MR) is 255 cm³/mol. The quantitative estimate of drug-likeness (QED) is 0.157. The molecule has 280 valence electrons. The monoisotopic (exact) mass is 763 g/mol. The molecule has 0 unspecified atom stereocenters. The van der Waals surface area contributed by atoms with Crippen molar-refractivity contribution in [1.29, 1.82) is 0 Å². The van der Waals surface area contributed by atoms with Crippen LogP contribution in [0.1, 0.15) is 0 Å². The molecule has 0 radical (unpaired) electrons. The van der Waals surface area contributed by atoms with Gasteiger partial charge >= 0.3 is 0 Å². The lowest BCUT2D eigenvalue weighted by Gasteiger charge is -2.29. The van der Waals surface area contributed by atoms with Crippen LogP contribution < -0.4 is 4.90 Å². The molecule has 0 saturated carbocycles. The average molecular weight is 764 g/mol. The normalized spacial score (nSPS) is 11.7. The molecule has 1 aromatic heterocycles. The SMILES string of the molecule is c1ccc(-c2ccc(-c3cc4ccccc4c4ccccc34)cc2N(c2ccc(-c3ccc4c(ccc5ccccc54)c3)cc2)c2ccc3c(c2)oc2ccccc23)cc1. The van der Waals surface area contributed by atoms with Crippen molar-refractivity contribution in [2.75, 3.05) is 4.90 Å². The minimum Gasteiger partial charge on any atom is -0.456 e. The van der Waals surface area contributed by atoms with E-state index >= 15 is 0 Å². The molecule has 2 nitrogen and oxygen atoms in total. The van der Waals surface area contributed by atoms with E-state index in [1.807, 2.05) is 12.1 Å². The highest BCUT2D eigenvalue weighted by Gasteiger charge is 2.21. The lowest BCUT2D eigenvalue weighted by Crippen LogP contribution is -2.11. The van der Waals surface area contributed by atoms with Crippen LogP contribution in [0.3, 0.4) is 0 Å². The van der Waals surface area contributed by atoms with Crippen LogP contribution in [0.15, 0.2) is 229 Å². The van der Waals surface area contributed by atoms with E-state index in [0.717, 1.165) is 55.7 Å². The van der Waals surface area contributed by atoms with Gasteiger partial charge in [-0.15, -0.1) is 0 Å². The maximum Gasteiger partial charge on any atom is 0.137 e. The third kappa shape index (κ3) is 5.65. The van der Waals surface area contributed by atoms with Crippen LogP contribution in [0.4, 0.5) is 17.1 Å². The zero-order valence-corrected chi connectivity index (χ0v) is 32.7. The Morgan fingerprint density at radius 1 is 0.267 bits per heavy atom. The Kier molecular flexibility index (Phi) is 7.89. The second kappa shape index (κ2) is 13.9. The molecule has 0 aliphatic heterocycles. The van der Waals surface area contributed by atoms with Gasteiger partial charge in [0.15, 0.2) is 0 Å². The Morgan fingerprint density at radius 3 is 1.67 bits per heavy atom. The molecule has 60 heavy (non-hydrogen) atoms. The van der Waals surface area contributed by atoms with Gasteiger partial charge in [0.05, 0.1) is 5.69 Å². The van der Waals surface area contributed by atoms with Crippen LogP contribution in [0.25, 0.3) is 98.4 Å². The number of para-hydroxylation sites is 1. The summed E-state index contributed by atoms with van der Waals surface area (Å²) in [6, 6.07) is 81.4. The highest BCUT2D eigenvalue weighted by molar-refractivity contribution is 6.14. The van der Waals surface area contributed by atoms with Crippen LogP contribution in [0.2, 0.25) is 0 Å². The average Bonchev–Trinajstić information content (AvgIpc) is 3.70. The maximum absolute atomic E-state index is 6.52. The van der Waals surface area contributed by atoms with Crippen molar-refractivity contribution in [3.8, 4) is 33.4 Å². The van der Waals surface area contributed by atoms with E-state index in [-0.39, 0.29) is 0 Å². The van der Waals surface area contributed by atoms with Gasteiger partial charge in [0.2, 0.25) is 0 Å². The summed E-state index contributed by atoms with van der Waals surface area (Å²) in [5.41, 5.74) is 11.9. The van der Waals surface area contributed by atoms with E-state index in [9.17, 15) is 0 Å². The fourth-order valence-corrected chi connectivity index (χ4v) is 9.32. The first-order chi connectivity index (χ1) is 29.7. The molecule has 12 rings (SSSR count). The molecule has 0 bridgehead atoms. The fourth-order valence-electron chi connectivity index (χ4n) is 9.32. The van der Waals surface area contributed by atoms with Crippen molar-refractivity contribution in [2.24, 2.45) is 0 Å². The van der Waals surface area contributed by atoms with Crippen LogP contribution in [-0.4, -0.2) is 0 Å². The molecule has 0 aliphatic rings. The Bertz CT molecular complexity index is 3600. The Hall–Kier alpha value is -7.94. The van der Waals surface area contributed by atoms with Gasteiger partial charge in [0.25, 0.3) is 0 Å². The summed E-state index contributed by atoms with van der Waals surface area (Å²) in [6.45, 7) is 0. The van der Waals surface area contributed by atoms with Crippen molar-refractivity contribution in [3.63, 3.8) is 0 Å². The molecule has 12 aromatic rings. The molecule has 0 aliphatic carbocycles. The van der Waals surface area contributed by atoms with Gasteiger partial charge in [-0.05, 0) is 119 Å². The molecule has 0 spiro atoms. The summed E-state index contributed by atoms with van der Waals surface area (Å²) < 4.78 is 6.52. The number of benzene rings is 11. The molecule has 11 aromatic carbocycles. The molecule has 1 heterocycles. The summed E-state index contributed by atoms with van der Waals surface area (Å²) in [4.78, 5) is 2.40. The van der Waals surface area contributed by atoms with E-state index in [2.05, 4.69) is 217 Å². The molecule has 2 heteroatoms. The summed E-state index contributed by atoms with van der Waals surface area (Å²) in [6.07, 6.45) is 0. The molecular formula is C58H37NO. The number of hydrogen-bond acceptors (Lipinski definition) is 2. The van der Waals surface area contributed by atoms with E-state index in [1.54, 1.807) is 0 Å². The van der Waals surface area contributed by atoms with E-state index < -0.39 is 0 Å². The first kappa shape index (κ1) is 34.1. The first-order valence-electron chi connectivity index (χ1n) is 20.6. The van der Waals surface area contributed by atoms with E-state index in [0.29, 0.717) is 0 Å². The molecule has 0 N–H and O–H groups in total. The number of anilines is 3. The molecule has 0 saturated heterocycles. The summed E-state index contributed by atoms with van der Waals surface area (Å²) in [5.74, 6) is 0. The lowest BCUT2D eigenvalue weighted by atomic mass is 9.91. The van der Waals surface area contributed by atoms with Gasteiger partial charge in [-0.25, -0.2) is 0 Å². The Balaban J connectivity index is 1.07. The lowest BCUT2D eigenvalue weighted by molar-refractivity contribution is 0.669. The highest BCUT2D eigenvalue weighted by atomic mass is 16.3. The Morgan fingerprint density at radius 2 is 0.833 bits per heavy atom. The minimum atomic E-state index is 0.858. The van der Waals surface area contributed by atoms with Crippen molar-refractivity contribution >= 4 is 82.1 Å². The highest BCUT2D eigenvalue weighted by Crippen LogP contribution is 2.46. The third-order valence-electron chi connectivity index (χ3n) is 12.2. The van der Waals surface area contributed by atoms with Crippen LogP contribution in [-0.2, 0) is 0 Å². The number of hydrogen-bond donors (Lipinski definition) is 0.